The molecule has 2 heterocycles. The first-order chi connectivity index (χ1) is 13.5. The molecule has 0 bridgehead atoms. The summed E-state index contributed by atoms with van der Waals surface area (Å²) in [5.41, 5.74) is 4.37. The minimum atomic E-state index is 0.103. The summed E-state index contributed by atoms with van der Waals surface area (Å²) in [6, 6.07) is 16.5. The summed E-state index contributed by atoms with van der Waals surface area (Å²) in [6.07, 6.45) is 0. The fourth-order valence-electron chi connectivity index (χ4n) is 3.99. The van der Waals surface area contributed by atoms with Crippen LogP contribution in [-0.2, 0) is 13.6 Å². The number of methoxy groups -OCH3 is 1. The van der Waals surface area contributed by atoms with Crippen LogP contribution >= 0.6 is 0 Å². The molecule has 3 aromatic rings. The van der Waals surface area contributed by atoms with E-state index in [1.54, 1.807) is 11.7 Å². The molecule has 1 aliphatic rings. The quantitative estimate of drug-likeness (QED) is 0.700. The van der Waals surface area contributed by atoms with Gasteiger partial charge in [0.1, 0.15) is 5.75 Å². The minimum Gasteiger partial charge on any atom is -0.497 e. The molecule has 5 nitrogen and oxygen atoms in total. The summed E-state index contributed by atoms with van der Waals surface area (Å²) in [5.74, 6) is 0.884. The van der Waals surface area contributed by atoms with Crippen molar-refractivity contribution < 1.29 is 4.74 Å². The molecule has 4 rings (SSSR count). The largest absolute Gasteiger partial charge is 0.497 e. The molecule has 0 unspecified atom stereocenters. The van der Waals surface area contributed by atoms with Crippen LogP contribution in [0.25, 0.3) is 10.9 Å². The number of nitrogens with zero attached hydrogens (tertiary/aromatic N) is 3. The van der Waals surface area contributed by atoms with Gasteiger partial charge in [-0.1, -0.05) is 17.7 Å². The Morgan fingerprint density at radius 1 is 1.00 bits per heavy atom. The molecule has 1 aliphatic heterocycles. The summed E-state index contributed by atoms with van der Waals surface area (Å²) in [5, 5.41) is 1.13. The first-order valence-electron chi connectivity index (χ1n) is 9.76. The summed E-state index contributed by atoms with van der Waals surface area (Å²) in [7, 11) is 3.56. The van der Waals surface area contributed by atoms with Crippen LogP contribution in [0.15, 0.2) is 53.3 Å². The third-order valence-electron chi connectivity index (χ3n) is 5.64. The van der Waals surface area contributed by atoms with Crippen molar-refractivity contribution in [2.24, 2.45) is 7.05 Å². The van der Waals surface area contributed by atoms with E-state index in [1.165, 1.54) is 11.3 Å². The summed E-state index contributed by atoms with van der Waals surface area (Å²) in [6.45, 7) is 6.54. The Morgan fingerprint density at radius 2 is 1.79 bits per heavy atom. The molecule has 1 saturated heterocycles. The van der Waals surface area contributed by atoms with E-state index in [1.807, 2.05) is 25.2 Å². The van der Waals surface area contributed by atoms with Crippen molar-refractivity contribution in [1.29, 1.82) is 0 Å². The van der Waals surface area contributed by atoms with Crippen LogP contribution in [-0.4, -0.2) is 42.8 Å². The van der Waals surface area contributed by atoms with Crippen LogP contribution < -0.4 is 15.2 Å². The number of fused-ring (bicyclic) bond motifs is 1. The smallest absolute Gasteiger partial charge is 0.255 e. The van der Waals surface area contributed by atoms with E-state index < -0.39 is 0 Å². The van der Waals surface area contributed by atoms with Crippen molar-refractivity contribution in [1.82, 2.24) is 9.47 Å². The maximum absolute atomic E-state index is 12.8. The number of ether oxygens (including phenoxy) is 1. The summed E-state index contributed by atoms with van der Waals surface area (Å²) in [4.78, 5) is 17.6. The van der Waals surface area contributed by atoms with Gasteiger partial charge >= 0.3 is 0 Å². The molecule has 0 saturated carbocycles. The van der Waals surface area contributed by atoms with E-state index in [0.717, 1.165) is 48.4 Å². The van der Waals surface area contributed by atoms with Gasteiger partial charge in [0.15, 0.2) is 0 Å². The first-order valence-corrected chi connectivity index (χ1v) is 9.76. The van der Waals surface area contributed by atoms with Gasteiger partial charge in [-0.15, -0.1) is 0 Å². The van der Waals surface area contributed by atoms with Crippen molar-refractivity contribution in [3.8, 4) is 5.75 Å². The van der Waals surface area contributed by atoms with Crippen molar-refractivity contribution in [2.45, 2.75) is 13.5 Å². The molecule has 146 valence electrons. The van der Waals surface area contributed by atoms with E-state index in [9.17, 15) is 4.79 Å². The van der Waals surface area contributed by atoms with E-state index >= 15 is 0 Å². The number of hydrogen-bond donors (Lipinski definition) is 0. The van der Waals surface area contributed by atoms with Crippen LogP contribution in [0.2, 0.25) is 0 Å². The average molecular weight is 377 g/mol. The molecule has 2 aromatic carbocycles. The highest BCUT2D eigenvalue weighted by Gasteiger charge is 2.19. The molecule has 0 aliphatic carbocycles. The fourth-order valence-corrected chi connectivity index (χ4v) is 3.99. The molecule has 1 aromatic heterocycles. The molecular weight excluding hydrogens is 350 g/mol. The molecule has 0 N–H and O–H groups in total. The lowest BCUT2D eigenvalue weighted by molar-refractivity contribution is 0.248. The minimum absolute atomic E-state index is 0.103. The van der Waals surface area contributed by atoms with Crippen molar-refractivity contribution in [3.05, 3.63) is 70.0 Å². The first kappa shape index (κ1) is 18.6. The summed E-state index contributed by atoms with van der Waals surface area (Å²) < 4.78 is 7.11. The highest BCUT2D eigenvalue weighted by molar-refractivity contribution is 5.80. The van der Waals surface area contributed by atoms with Crippen molar-refractivity contribution >= 4 is 16.6 Å². The van der Waals surface area contributed by atoms with Gasteiger partial charge in [0.05, 0.1) is 12.6 Å². The zero-order valence-electron chi connectivity index (χ0n) is 16.8. The van der Waals surface area contributed by atoms with Crippen molar-refractivity contribution in [3.63, 3.8) is 0 Å². The van der Waals surface area contributed by atoms with Crippen LogP contribution in [0, 0.1) is 6.92 Å². The van der Waals surface area contributed by atoms with E-state index in [4.69, 9.17) is 4.74 Å². The number of aryl methyl sites for hydroxylation is 2. The standard InChI is InChI=1S/C23H27N3O2/c1-17-7-8-22-18(13-17)14-19(23(27)24(22)2)16-25-9-11-26(12-10-25)20-5-4-6-21(15-20)28-3/h4-8,13-15H,9-12,16H2,1-3H3. The molecule has 0 spiro atoms. The molecule has 28 heavy (non-hydrogen) atoms. The molecule has 0 atom stereocenters. The van der Waals surface area contributed by atoms with Gasteiger partial charge in [0.25, 0.3) is 5.56 Å². The zero-order chi connectivity index (χ0) is 19.7. The Bertz CT molecular complexity index is 1050. The van der Waals surface area contributed by atoms with E-state index in [2.05, 4.69) is 47.1 Å². The predicted octanol–water partition coefficient (Wildman–Crippen LogP) is 3.18. The lowest BCUT2D eigenvalue weighted by Gasteiger charge is -2.36. The zero-order valence-corrected chi connectivity index (χ0v) is 16.8. The second kappa shape index (κ2) is 7.68. The average Bonchev–Trinajstić information content (AvgIpc) is 2.72. The predicted molar refractivity (Wildman–Crippen MR) is 114 cm³/mol. The molecule has 5 heteroatoms. The number of anilines is 1. The lowest BCUT2D eigenvalue weighted by atomic mass is 10.1. The number of hydrogen-bond acceptors (Lipinski definition) is 4. The number of rotatable bonds is 4. The van der Waals surface area contributed by atoms with E-state index in [-0.39, 0.29) is 5.56 Å². The molecule has 1 fully saturated rings. The summed E-state index contributed by atoms with van der Waals surface area (Å²) >= 11 is 0. The van der Waals surface area contributed by atoms with Gasteiger partial charge in [-0.3, -0.25) is 9.69 Å². The topological polar surface area (TPSA) is 37.7 Å². The Hall–Kier alpha value is -2.79. The molecular formula is C23H27N3O2. The Balaban J connectivity index is 1.49. The van der Waals surface area contributed by atoms with Crippen LogP contribution in [0.4, 0.5) is 5.69 Å². The van der Waals surface area contributed by atoms with Gasteiger partial charge in [-0.2, -0.15) is 0 Å². The van der Waals surface area contributed by atoms with Crippen molar-refractivity contribution in [2.75, 3.05) is 38.2 Å². The SMILES string of the molecule is COc1cccc(N2CCN(Cc3cc4cc(C)ccc4n(C)c3=O)CC2)c1. The maximum Gasteiger partial charge on any atom is 0.255 e. The third-order valence-corrected chi connectivity index (χ3v) is 5.64. The second-order valence-corrected chi connectivity index (χ2v) is 7.56. The number of pyridine rings is 1. The van der Waals surface area contributed by atoms with Crippen LogP contribution in [0.1, 0.15) is 11.1 Å². The van der Waals surface area contributed by atoms with E-state index in [0.29, 0.717) is 6.54 Å². The lowest BCUT2D eigenvalue weighted by Crippen LogP contribution is -2.46. The van der Waals surface area contributed by atoms with Gasteiger partial charge in [0, 0.05) is 57.1 Å². The van der Waals surface area contributed by atoms with Gasteiger partial charge in [-0.05, 0) is 42.6 Å². The Morgan fingerprint density at radius 3 is 2.54 bits per heavy atom. The number of benzene rings is 2. The molecule has 0 radical (unpaired) electrons. The monoisotopic (exact) mass is 377 g/mol. The third kappa shape index (κ3) is 3.62. The molecule has 0 amide bonds. The maximum atomic E-state index is 12.8. The Kier molecular flexibility index (Phi) is 5.09. The Labute approximate surface area is 165 Å². The van der Waals surface area contributed by atoms with Crippen LogP contribution in [0.5, 0.6) is 5.75 Å². The van der Waals surface area contributed by atoms with Gasteiger partial charge in [-0.25, -0.2) is 0 Å². The highest BCUT2D eigenvalue weighted by atomic mass is 16.5. The fraction of sp³-hybridized carbons (Fsp3) is 0.348. The second-order valence-electron chi connectivity index (χ2n) is 7.56. The van der Waals surface area contributed by atoms with Crippen LogP contribution in [0.3, 0.4) is 0 Å². The number of aromatic nitrogens is 1. The number of piperazine rings is 1. The van der Waals surface area contributed by atoms with Gasteiger partial charge in [0.2, 0.25) is 0 Å². The van der Waals surface area contributed by atoms with Gasteiger partial charge < -0.3 is 14.2 Å². The normalized spacial score (nSPS) is 15.2. The highest BCUT2D eigenvalue weighted by Crippen LogP contribution is 2.22.